The zero-order chi connectivity index (χ0) is 19.4. The fraction of sp³-hybridized carbons (Fsp3) is 0.368. The van der Waals surface area contributed by atoms with Gasteiger partial charge in [0.15, 0.2) is 0 Å². The third-order valence-electron chi connectivity index (χ3n) is 4.13. The van der Waals surface area contributed by atoms with Crippen molar-refractivity contribution >= 4 is 11.8 Å². The molecule has 2 aromatic heterocycles. The molecule has 2 N–H and O–H groups in total. The van der Waals surface area contributed by atoms with E-state index in [4.69, 9.17) is 0 Å². The fourth-order valence-corrected chi connectivity index (χ4v) is 2.96. The predicted molar refractivity (Wildman–Crippen MR) is 104 cm³/mol. The third-order valence-corrected chi connectivity index (χ3v) is 4.13. The highest BCUT2D eigenvalue weighted by molar-refractivity contribution is 5.88. The van der Waals surface area contributed by atoms with Crippen molar-refractivity contribution in [2.75, 3.05) is 11.9 Å². The summed E-state index contributed by atoms with van der Waals surface area (Å²) < 4.78 is 3.58. The normalized spacial score (nSPS) is 10.8. The molecule has 0 radical (unpaired) electrons. The van der Waals surface area contributed by atoms with Gasteiger partial charge in [-0.2, -0.15) is 10.2 Å². The number of nitrogens with zero attached hydrogens (tertiary/aromatic N) is 5. The minimum Gasteiger partial charge on any atom is -0.336 e. The van der Waals surface area contributed by atoms with Crippen LogP contribution in [0.15, 0.2) is 30.3 Å². The van der Waals surface area contributed by atoms with Gasteiger partial charge in [-0.15, -0.1) is 0 Å². The van der Waals surface area contributed by atoms with Gasteiger partial charge in [0.05, 0.1) is 18.8 Å². The van der Waals surface area contributed by atoms with Crippen LogP contribution in [0.4, 0.5) is 10.6 Å². The van der Waals surface area contributed by atoms with E-state index < -0.39 is 0 Å². The Bertz CT molecular complexity index is 941. The molecule has 0 unspecified atom stereocenters. The molecule has 0 saturated heterocycles. The van der Waals surface area contributed by atoms with Gasteiger partial charge in [0.1, 0.15) is 17.5 Å². The molecule has 0 saturated carbocycles. The summed E-state index contributed by atoms with van der Waals surface area (Å²) in [7, 11) is 0. The van der Waals surface area contributed by atoms with Crippen LogP contribution in [0.25, 0.3) is 0 Å². The van der Waals surface area contributed by atoms with E-state index in [1.165, 1.54) is 5.56 Å². The van der Waals surface area contributed by atoms with Crippen molar-refractivity contribution < 1.29 is 4.79 Å². The molecule has 8 heteroatoms. The Morgan fingerprint density at radius 3 is 2.59 bits per heavy atom. The molecular formula is C19H25N7O. The molecule has 2 heterocycles. The van der Waals surface area contributed by atoms with Crippen LogP contribution in [-0.2, 0) is 13.1 Å². The van der Waals surface area contributed by atoms with Crippen molar-refractivity contribution in [3.8, 4) is 0 Å². The summed E-state index contributed by atoms with van der Waals surface area (Å²) in [5.74, 6) is 2.23. The second-order valence-electron chi connectivity index (χ2n) is 6.63. The number of carbonyl (C=O) groups excluding carboxylic acids is 1. The molecule has 2 amide bonds. The van der Waals surface area contributed by atoms with Crippen LogP contribution in [0, 0.1) is 27.7 Å². The largest absolute Gasteiger partial charge is 0.336 e. The number of benzene rings is 1. The minimum atomic E-state index is -0.269. The van der Waals surface area contributed by atoms with Crippen LogP contribution < -0.4 is 10.6 Å². The van der Waals surface area contributed by atoms with Crippen LogP contribution in [-0.4, -0.2) is 37.1 Å². The smallest absolute Gasteiger partial charge is 0.320 e. The van der Waals surface area contributed by atoms with E-state index in [-0.39, 0.29) is 6.03 Å². The number of hydrogen-bond donors (Lipinski definition) is 2. The average Bonchev–Trinajstić information content (AvgIpc) is 3.09. The fourth-order valence-electron chi connectivity index (χ4n) is 2.96. The van der Waals surface area contributed by atoms with Gasteiger partial charge < -0.3 is 5.32 Å². The molecule has 3 rings (SSSR count). The Hall–Kier alpha value is -3.16. The Balaban J connectivity index is 1.58. The van der Waals surface area contributed by atoms with E-state index in [1.807, 2.05) is 32.9 Å². The highest BCUT2D eigenvalue weighted by atomic mass is 16.2. The Labute approximate surface area is 158 Å². The Morgan fingerprint density at radius 1 is 1.07 bits per heavy atom. The first-order valence-electron chi connectivity index (χ1n) is 8.93. The molecule has 8 nitrogen and oxygen atoms in total. The molecule has 0 spiro atoms. The third kappa shape index (κ3) is 4.93. The standard InChI is InChI=1S/C19H25N7O/c1-13-6-5-7-17(10-13)12-26-18(11-14(2)23-26)22-19(27)20-8-9-25-16(4)21-15(3)24-25/h5-7,10-11H,8-9,12H2,1-4H3,(H2,20,22,27). The molecule has 0 aliphatic carbocycles. The van der Waals surface area contributed by atoms with E-state index in [0.717, 1.165) is 22.9 Å². The lowest BCUT2D eigenvalue weighted by Crippen LogP contribution is -2.32. The maximum atomic E-state index is 12.3. The van der Waals surface area contributed by atoms with Crippen molar-refractivity contribution in [2.24, 2.45) is 0 Å². The molecule has 0 bridgehead atoms. The molecule has 142 valence electrons. The van der Waals surface area contributed by atoms with E-state index in [0.29, 0.717) is 25.5 Å². The summed E-state index contributed by atoms with van der Waals surface area (Å²) in [6, 6.07) is 9.84. The Kier molecular flexibility index (Phi) is 5.54. The maximum absolute atomic E-state index is 12.3. The summed E-state index contributed by atoms with van der Waals surface area (Å²) in [5.41, 5.74) is 3.19. The van der Waals surface area contributed by atoms with Crippen molar-refractivity contribution in [3.05, 3.63) is 58.8 Å². The average molecular weight is 367 g/mol. The van der Waals surface area contributed by atoms with Gasteiger partial charge in [-0.25, -0.2) is 19.1 Å². The van der Waals surface area contributed by atoms with Crippen LogP contribution >= 0.6 is 0 Å². The number of carbonyl (C=O) groups is 1. The zero-order valence-corrected chi connectivity index (χ0v) is 16.2. The van der Waals surface area contributed by atoms with Crippen molar-refractivity contribution in [1.29, 1.82) is 0 Å². The maximum Gasteiger partial charge on any atom is 0.320 e. The van der Waals surface area contributed by atoms with Crippen LogP contribution in [0.3, 0.4) is 0 Å². The van der Waals surface area contributed by atoms with Gasteiger partial charge in [0, 0.05) is 12.6 Å². The molecule has 0 fully saturated rings. The topological polar surface area (TPSA) is 89.7 Å². The van der Waals surface area contributed by atoms with E-state index in [2.05, 4.69) is 50.9 Å². The molecular weight excluding hydrogens is 342 g/mol. The lowest BCUT2D eigenvalue weighted by molar-refractivity contribution is 0.251. The number of nitrogens with one attached hydrogen (secondary N) is 2. The predicted octanol–water partition coefficient (Wildman–Crippen LogP) is 2.58. The number of anilines is 1. The van der Waals surface area contributed by atoms with Crippen LogP contribution in [0.5, 0.6) is 0 Å². The first-order chi connectivity index (χ1) is 12.9. The lowest BCUT2D eigenvalue weighted by Gasteiger charge is -2.11. The second kappa shape index (κ2) is 8.03. The first-order valence-corrected chi connectivity index (χ1v) is 8.93. The van der Waals surface area contributed by atoms with Crippen molar-refractivity contribution in [2.45, 2.75) is 40.8 Å². The summed E-state index contributed by atoms with van der Waals surface area (Å²) in [4.78, 5) is 16.5. The van der Waals surface area contributed by atoms with Gasteiger partial charge in [-0.3, -0.25) is 5.32 Å². The number of rotatable bonds is 6. The minimum absolute atomic E-state index is 0.269. The number of urea groups is 1. The van der Waals surface area contributed by atoms with Gasteiger partial charge in [-0.05, 0) is 33.3 Å². The molecule has 0 aliphatic rings. The monoisotopic (exact) mass is 367 g/mol. The highest BCUT2D eigenvalue weighted by Crippen LogP contribution is 2.14. The number of aryl methyl sites for hydroxylation is 4. The second-order valence-corrected chi connectivity index (χ2v) is 6.63. The number of amides is 2. The summed E-state index contributed by atoms with van der Waals surface area (Å²) >= 11 is 0. The van der Waals surface area contributed by atoms with E-state index >= 15 is 0 Å². The summed E-state index contributed by atoms with van der Waals surface area (Å²) in [6.45, 7) is 9.34. The first kappa shape index (κ1) is 18.6. The van der Waals surface area contributed by atoms with Crippen molar-refractivity contribution in [3.63, 3.8) is 0 Å². The van der Waals surface area contributed by atoms with Gasteiger partial charge in [0.2, 0.25) is 0 Å². The molecule has 27 heavy (non-hydrogen) atoms. The molecule has 1 aromatic carbocycles. The number of hydrogen-bond acceptors (Lipinski definition) is 4. The van der Waals surface area contributed by atoms with E-state index in [1.54, 1.807) is 9.36 Å². The molecule has 0 atom stereocenters. The quantitative estimate of drug-likeness (QED) is 0.701. The summed E-state index contributed by atoms with van der Waals surface area (Å²) in [5, 5.41) is 14.5. The molecule has 0 aliphatic heterocycles. The van der Waals surface area contributed by atoms with Crippen molar-refractivity contribution in [1.82, 2.24) is 29.9 Å². The lowest BCUT2D eigenvalue weighted by atomic mass is 10.1. The van der Waals surface area contributed by atoms with Gasteiger partial charge in [0.25, 0.3) is 0 Å². The summed E-state index contributed by atoms with van der Waals surface area (Å²) in [6.07, 6.45) is 0. The number of aromatic nitrogens is 5. The van der Waals surface area contributed by atoms with Gasteiger partial charge >= 0.3 is 6.03 Å². The van der Waals surface area contributed by atoms with Crippen LogP contribution in [0.2, 0.25) is 0 Å². The van der Waals surface area contributed by atoms with Gasteiger partial charge in [-0.1, -0.05) is 29.8 Å². The highest BCUT2D eigenvalue weighted by Gasteiger charge is 2.10. The van der Waals surface area contributed by atoms with Crippen LogP contribution in [0.1, 0.15) is 28.5 Å². The van der Waals surface area contributed by atoms with E-state index in [9.17, 15) is 4.79 Å². The Morgan fingerprint density at radius 2 is 1.89 bits per heavy atom. The zero-order valence-electron chi connectivity index (χ0n) is 16.2. The molecule has 3 aromatic rings. The SMILES string of the molecule is Cc1cccc(Cn2nc(C)cc2NC(=O)NCCn2nc(C)nc2C)c1.